The lowest BCUT2D eigenvalue weighted by Gasteiger charge is -2.29. The average molecular weight is 587 g/mol. The van der Waals surface area contributed by atoms with Gasteiger partial charge in [-0.2, -0.15) is 13.2 Å². The third kappa shape index (κ3) is 6.84. The van der Waals surface area contributed by atoms with Crippen molar-refractivity contribution in [2.24, 2.45) is 0 Å². The fraction of sp³-hybridized carbons (Fsp3) is 0.286. The van der Waals surface area contributed by atoms with Crippen molar-refractivity contribution in [3.05, 3.63) is 82.8 Å². The zero-order valence-corrected chi connectivity index (χ0v) is 22.7. The lowest BCUT2D eigenvalue weighted by molar-refractivity contribution is -0.137. The highest BCUT2D eigenvalue weighted by Gasteiger charge is 2.32. The summed E-state index contributed by atoms with van der Waals surface area (Å²) >= 11 is 6.39. The quantitative estimate of drug-likeness (QED) is 0.306. The van der Waals surface area contributed by atoms with E-state index in [4.69, 9.17) is 16.3 Å². The number of aromatic nitrogens is 4. The number of carbonyl (C=O) groups is 1. The number of methoxy groups -OCH3 is 1. The van der Waals surface area contributed by atoms with Gasteiger partial charge in [0.2, 0.25) is 0 Å². The number of ether oxygens (including phenoxy) is 1. The van der Waals surface area contributed by atoms with Crippen LogP contribution in [-0.2, 0) is 12.7 Å². The van der Waals surface area contributed by atoms with Crippen molar-refractivity contribution < 1.29 is 27.8 Å². The monoisotopic (exact) mass is 586 g/mol. The number of carbonyl (C=O) groups excluding carboxylic acids is 1. The van der Waals surface area contributed by atoms with Crippen molar-refractivity contribution in [1.29, 1.82) is 0 Å². The lowest BCUT2D eigenvalue weighted by Crippen LogP contribution is -2.35. The van der Waals surface area contributed by atoms with Gasteiger partial charge < -0.3 is 15.2 Å². The summed E-state index contributed by atoms with van der Waals surface area (Å²) in [6.45, 7) is 1.41. The van der Waals surface area contributed by atoms with Crippen LogP contribution in [0, 0.1) is 0 Å². The summed E-state index contributed by atoms with van der Waals surface area (Å²) in [6, 6.07) is 9.71. The van der Waals surface area contributed by atoms with Gasteiger partial charge in [-0.05, 0) is 60.9 Å². The number of anilines is 1. The molecule has 9 nitrogen and oxygen atoms in total. The molecule has 2 N–H and O–H groups in total. The molecule has 41 heavy (non-hydrogen) atoms. The number of nitrogens with zero attached hydrogens (tertiary/aromatic N) is 5. The highest BCUT2D eigenvalue weighted by atomic mass is 35.5. The molecule has 2 aromatic heterocycles. The summed E-state index contributed by atoms with van der Waals surface area (Å²) in [5.41, 5.74) is 1.22. The number of hydrogen-bond acceptors (Lipinski definition) is 7. The van der Waals surface area contributed by atoms with Crippen LogP contribution in [0.15, 0.2) is 61.1 Å². The minimum atomic E-state index is -4.59. The molecular formula is C28H26ClF3N6O3. The van der Waals surface area contributed by atoms with Crippen LogP contribution in [0.5, 0.6) is 5.75 Å². The lowest BCUT2D eigenvalue weighted by atomic mass is 10.0. The highest BCUT2D eigenvalue weighted by Crippen LogP contribution is 2.33. The number of halogens is 4. The third-order valence-electron chi connectivity index (χ3n) is 6.73. The largest absolute Gasteiger partial charge is 0.495 e. The molecule has 3 heterocycles. The fourth-order valence-corrected chi connectivity index (χ4v) is 4.78. The molecule has 214 valence electrons. The van der Waals surface area contributed by atoms with Crippen molar-refractivity contribution in [3.8, 4) is 22.7 Å². The summed E-state index contributed by atoms with van der Waals surface area (Å²) in [4.78, 5) is 19.3. The van der Waals surface area contributed by atoms with Crippen LogP contribution in [0.3, 0.4) is 0 Å². The van der Waals surface area contributed by atoms with E-state index in [1.807, 2.05) is 4.90 Å². The number of hydrogen-bond donors (Lipinski definition) is 2. The maximum atomic E-state index is 13.7. The number of aliphatic hydroxyl groups excluding tert-OH is 1. The van der Waals surface area contributed by atoms with Crippen molar-refractivity contribution >= 4 is 23.2 Å². The second-order valence-corrected chi connectivity index (χ2v) is 10.1. The summed E-state index contributed by atoms with van der Waals surface area (Å²) < 4.78 is 47.7. The van der Waals surface area contributed by atoms with Crippen molar-refractivity contribution in [2.45, 2.75) is 31.7 Å². The number of pyridine rings is 1. The first-order chi connectivity index (χ1) is 19.6. The number of aliphatic hydroxyl groups is 1. The molecule has 4 aromatic rings. The Kier molecular flexibility index (Phi) is 8.25. The Morgan fingerprint density at radius 1 is 1.15 bits per heavy atom. The standard InChI is InChI=1S/C28H26ClF3N6O3/c1-41-23-10-19(13-33-14-23)25-16-38(36-35-25)26-11-18(2-3-24(26)29)27(40)34-21-9-17(8-20(12-21)28(30,31)32)15-37-6-4-22(39)5-7-37/h2-3,8-14,16,22,39H,4-7,15H2,1H3,(H,34,40). The second-order valence-electron chi connectivity index (χ2n) is 9.71. The van der Waals surface area contributed by atoms with Gasteiger partial charge in [-0.3, -0.25) is 14.7 Å². The van der Waals surface area contributed by atoms with E-state index in [1.54, 1.807) is 24.7 Å². The van der Waals surface area contributed by atoms with Gasteiger partial charge in [-0.1, -0.05) is 16.8 Å². The molecular weight excluding hydrogens is 561 g/mol. The van der Waals surface area contributed by atoms with E-state index < -0.39 is 23.8 Å². The van der Waals surface area contributed by atoms with Gasteiger partial charge >= 0.3 is 6.18 Å². The number of piperidine rings is 1. The van der Waals surface area contributed by atoms with Crippen LogP contribution < -0.4 is 10.1 Å². The molecule has 2 aromatic carbocycles. The Morgan fingerprint density at radius 3 is 2.66 bits per heavy atom. The SMILES string of the molecule is COc1cncc(-c2cn(-c3cc(C(=O)Nc4cc(CN5CCC(O)CC5)cc(C(F)(F)F)c4)ccc3Cl)nn2)c1. The molecule has 1 fully saturated rings. The molecule has 0 atom stereocenters. The molecule has 0 bridgehead atoms. The Balaban J connectivity index is 1.38. The van der Waals surface area contributed by atoms with Gasteiger partial charge in [0.25, 0.3) is 5.91 Å². The van der Waals surface area contributed by atoms with E-state index in [0.717, 1.165) is 12.1 Å². The molecule has 13 heteroatoms. The smallest absolute Gasteiger partial charge is 0.416 e. The van der Waals surface area contributed by atoms with Crippen LogP contribution in [0.25, 0.3) is 16.9 Å². The predicted octanol–water partition coefficient (Wildman–Crippen LogP) is 5.22. The summed E-state index contributed by atoms with van der Waals surface area (Å²) in [7, 11) is 1.52. The van der Waals surface area contributed by atoms with E-state index in [9.17, 15) is 23.1 Å². The van der Waals surface area contributed by atoms with Gasteiger partial charge in [-0.25, -0.2) is 4.68 Å². The Morgan fingerprint density at radius 2 is 1.93 bits per heavy atom. The minimum Gasteiger partial charge on any atom is -0.495 e. The van der Waals surface area contributed by atoms with E-state index in [-0.39, 0.29) is 22.8 Å². The molecule has 0 radical (unpaired) electrons. The van der Waals surface area contributed by atoms with Crippen molar-refractivity contribution in [1.82, 2.24) is 24.9 Å². The minimum absolute atomic E-state index is 0.0157. The van der Waals surface area contributed by atoms with Crippen LogP contribution >= 0.6 is 11.6 Å². The number of likely N-dealkylation sites (tertiary alicyclic amines) is 1. The number of alkyl halides is 3. The fourth-order valence-electron chi connectivity index (χ4n) is 4.57. The van der Waals surface area contributed by atoms with Crippen LogP contribution in [0.2, 0.25) is 5.02 Å². The third-order valence-corrected chi connectivity index (χ3v) is 7.05. The molecule has 1 saturated heterocycles. The maximum Gasteiger partial charge on any atom is 0.416 e. The number of amides is 1. The van der Waals surface area contributed by atoms with Gasteiger partial charge in [-0.15, -0.1) is 5.10 Å². The van der Waals surface area contributed by atoms with Crippen molar-refractivity contribution in [3.63, 3.8) is 0 Å². The Bertz CT molecular complexity index is 1550. The van der Waals surface area contributed by atoms with Gasteiger partial charge in [0.1, 0.15) is 11.4 Å². The highest BCUT2D eigenvalue weighted by molar-refractivity contribution is 6.32. The number of rotatable bonds is 7. The zero-order chi connectivity index (χ0) is 29.1. The Labute approximate surface area is 238 Å². The van der Waals surface area contributed by atoms with Crippen LogP contribution in [0.1, 0.15) is 34.3 Å². The first-order valence-electron chi connectivity index (χ1n) is 12.7. The molecule has 0 spiro atoms. The molecule has 5 rings (SSSR count). The summed E-state index contributed by atoms with van der Waals surface area (Å²) in [6.07, 6.45) is 0.896. The van der Waals surface area contributed by atoms with Gasteiger partial charge in [0, 0.05) is 42.6 Å². The molecule has 1 amide bonds. The first kappa shape index (κ1) is 28.5. The van der Waals surface area contributed by atoms with E-state index in [0.29, 0.717) is 54.2 Å². The topological polar surface area (TPSA) is 105 Å². The summed E-state index contributed by atoms with van der Waals surface area (Å²) in [5, 5.41) is 20.9. The first-order valence-corrected chi connectivity index (χ1v) is 13.1. The van der Waals surface area contributed by atoms with Crippen molar-refractivity contribution in [2.75, 3.05) is 25.5 Å². The molecule has 0 unspecified atom stereocenters. The summed E-state index contributed by atoms with van der Waals surface area (Å²) in [5.74, 6) is -0.0761. The second kappa shape index (κ2) is 11.9. The normalized spacial score (nSPS) is 14.7. The predicted molar refractivity (Wildman–Crippen MR) is 146 cm³/mol. The molecule has 0 aliphatic carbocycles. The van der Waals surface area contributed by atoms with E-state index in [1.165, 1.54) is 36.1 Å². The van der Waals surface area contributed by atoms with Gasteiger partial charge in [0.15, 0.2) is 0 Å². The Hall–Kier alpha value is -4.00. The van der Waals surface area contributed by atoms with E-state index in [2.05, 4.69) is 20.6 Å². The molecule has 0 saturated carbocycles. The maximum absolute atomic E-state index is 13.7. The molecule has 1 aliphatic heterocycles. The molecule has 1 aliphatic rings. The van der Waals surface area contributed by atoms with Crippen LogP contribution in [0.4, 0.5) is 18.9 Å². The van der Waals surface area contributed by atoms with E-state index >= 15 is 0 Å². The van der Waals surface area contributed by atoms with Gasteiger partial charge in [0.05, 0.1) is 41.9 Å². The number of nitrogens with one attached hydrogen (secondary N) is 1. The average Bonchev–Trinajstić information content (AvgIpc) is 3.44. The zero-order valence-electron chi connectivity index (χ0n) is 21.9. The van der Waals surface area contributed by atoms with Crippen LogP contribution in [-0.4, -0.2) is 62.2 Å². The number of benzene rings is 2.